The van der Waals surface area contributed by atoms with Crippen LogP contribution >= 0.6 is 0 Å². The Morgan fingerprint density at radius 1 is 1.24 bits per heavy atom. The van der Waals surface area contributed by atoms with E-state index in [4.69, 9.17) is 0 Å². The number of aromatic nitrogens is 1. The van der Waals surface area contributed by atoms with E-state index in [1.165, 1.54) is 0 Å². The summed E-state index contributed by atoms with van der Waals surface area (Å²) in [5, 5.41) is 5.22. The van der Waals surface area contributed by atoms with Crippen molar-refractivity contribution in [3.8, 4) is 0 Å². The zero-order valence-electron chi connectivity index (χ0n) is 19.6. The molecule has 2 amide bonds. The summed E-state index contributed by atoms with van der Waals surface area (Å²) >= 11 is 0. The van der Waals surface area contributed by atoms with Crippen LogP contribution in [0.15, 0.2) is 53.8 Å². The molecule has 34 heavy (non-hydrogen) atoms. The second kappa shape index (κ2) is 11.0. The van der Waals surface area contributed by atoms with E-state index in [-0.39, 0.29) is 25.4 Å². The predicted octanol–water partition coefficient (Wildman–Crippen LogP) is 3.22. The van der Waals surface area contributed by atoms with Gasteiger partial charge in [0.25, 0.3) is 11.8 Å². The number of alkyl halides is 2. The number of halogens is 2. The highest BCUT2D eigenvalue weighted by molar-refractivity contribution is 6.02. The van der Waals surface area contributed by atoms with E-state index < -0.39 is 11.8 Å². The van der Waals surface area contributed by atoms with Crippen molar-refractivity contribution in [1.29, 1.82) is 0 Å². The summed E-state index contributed by atoms with van der Waals surface area (Å²) < 4.78 is 29.3. The van der Waals surface area contributed by atoms with Crippen LogP contribution in [0.4, 0.5) is 14.5 Å². The Bertz CT molecular complexity index is 1090. The molecule has 1 saturated heterocycles. The maximum absolute atomic E-state index is 13.8. The summed E-state index contributed by atoms with van der Waals surface area (Å²) in [6.07, 6.45) is 5.44. The van der Waals surface area contributed by atoms with Crippen LogP contribution in [0.3, 0.4) is 0 Å². The highest BCUT2D eigenvalue weighted by Crippen LogP contribution is 2.31. The first-order valence-electron chi connectivity index (χ1n) is 11.1. The van der Waals surface area contributed by atoms with Gasteiger partial charge in [0.05, 0.1) is 24.4 Å². The first kappa shape index (κ1) is 24.9. The van der Waals surface area contributed by atoms with E-state index in [9.17, 15) is 18.4 Å². The lowest BCUT2D eigenvalue weighted by molar-refractivity contribution is -0.118. The van der Waals surface area contributed by atoms with Gasteiger partial charge in [0.2, 0.25) is 5.91 Å². The lowest BCUT2D eigenvalue weighted by atomic mass is 10.0. The molecule has 0 radical (unpaired) electrons. The van der Waals surface area contributed by atoms with E-state index in [1.54, 1.807) is 54.1 Å². The van der Waals surface area contributed by atoms with Crippen LogP contribution < -0.4 is 21.0 Å². The lowest BCUT2D eigenvalue weighted by Crippen LogP contribution is -2.42. The Balaban J connectivity index is 1.60. The third kappa shape index (κ3) is 6.66. The number of hydrogen-bond donors (Lipinski definition) is 3. The fourth-order valence-corrected chi connectivity index (χ4v) is 3.73. The predicted molar refractivity (Wildman–Crippen MR) is 130 cm³/mol. The van der Waals surface area contributed by atoms with E-state index in [1.807, 2.05) is 25.1 Å². The van der Waals surface area contributed by atoms with Gasteiger partial charge in [-0.25, -0.2) is 13.8 Å². The molecule has 0 aliphatic carbocycles. The van der Waals surface area contributed by atoms with Crippen LogP contribution in [0.2, 0.25) is 0 Å². The first-order valence-corrected chi connectivity index (χ1v) is 11.1. The average Bonchev–Trinajstić information content (AvgIpc) is 3.30. The van der Waals surface area contributed by atoms with E-state index >= 15 is 0 Å². The van der Waals surface area contributed by atoms with Crippen molar-refractivity contribution in [2.24, 2.45) is 4.99 Å². The van der Waals surface area contributed by atoms with Gasteiger partial charge in [-0.3, -0.25) is 14.3 Å². The van der Waals surface area contributed by atoms with Gasteiger partial charge in [-0.1, -0.05) is 18.2 Å². The second-order valence-electron chi connectivity index (χ2n) is 8.06. The minimum atomic E-state index is -2.69. The van der Waals surface area contributed by atoms with Crippen molar-refractivity contribution in [2.75, 3.05) is 37.0 Å². The third-order valence-corrected chi connectivity index (χ3v) is 5.40. The molecule has 0 atom stereocenters. The maximum Gasteiger partial charge on any atom is 0.265 e. The zero-order valence-corrected chi connectivity index (χ0v) is 19.6. The molecule has 3 N–H and O–H groups in total. The fraction of sp³-hybridized carbons (Fsp3) is 0.375. The SMILES string of the molecule is C/C=C(\N=C(C)NC(=O)CNC(=O)c1ccn(NC)c1)c1cccc(N2CCCC(F)(F)C2)c1. The number of aliphatic imine (C=N–C) groups is 1. The maximum atomic E-state index is 13.8. The van der Waals surface area contributed by atoms with Crippen LogP contribution in [-0.4, -0.2) is 54.9 Å². The molecule has 0 spiro atoms. The highest BCUT2D eigenvalue weighted by atomic mass is 19.3. The number of amidine groups is 1. The number of piperidine rings is 1. The Labute approximate surface area is 197 Å². The highest BCUT2D eigenvalue weighted by Gasteiger charge is 2.35. The number of benzene rings is 1. The quantitative estimate of drug-likeness (QED) is 0.426. The van der Waals surface area contributed by atoms with Gasteiger partial charge in [-0.15, -0.1) is 0 Å². The smallest absolute Gasteiger partial charge is 0.265 e. The molecule has 1 fully saturated rings. The van der Waals surface area contributed by atoms with Gasteiger partial charge in [-0.05, 0) is 38.5 Å². The van der Waals surface area contributed by atoms with Crippen molar-refractivity contribution in [2.45, 2.75) is 32.6 Å². The number of carbonyl (C=O) groups is 2. The summed E-state index contributed by atoms with van der Waals surface area (Å²) in [6, 6.07) is 8.92. The molecule has 1 aromatic carbocycles. The molecule has 0 saturated carbocycles. The molecule has 8 nitrogen and oxygen atoms in total. The Hall–Kier alpha value is -3.69. The van der Waals surface area contributed by atoms with Crippen molar-refractivity contribution in [1.82, 2.24) is 15.3 Å². The fourth-order valence-electron chi connectivity index (χ4n) is 3.73. The van der Waals surface area contributed by atoms with Crippen LogP contribution in [0.25, 0.3) is 5.70 Å². The van der Waals surface area contributed by atoms with Gasteiger partial charge >= 0.3 is 0 Å². The minimum Gasteiger partial charge on any atom is -0.365 e. The minimum absolute atomic E-state index is 0.0877. The number of allylic oxidation sites excluding steroid dienone is 1. The molecule has 3 rings (SSSR count). The molecule has 2 heterocycles. The van der Waals surface area contributed by atoms with E-state index in [2.05, 4.69) is 21.1 Å². The molecular weight excluding hydrogens is 442 g/mol. The lowest BCUT2D eigenvalue weighted by Gasteiger charge is -2.34. The first-order chi connectivity index (χ1) is 16.2. The van der Waals surface area contributed by atoms with Crippen molar-refractivity contribution in [3.63, 3.8) is 0 Å². The van der Waals surface area contributed by atoms with Crippen LogP contribution in [0.1, 0.15) is 42.6 Å². The topological polar surface area (TPSA) is 90.8 Å². The van der Waals surface area contributed by atoms with Crippen molar-refractivity contribution < 1.29 is 18.4 Å². The van der Waals surface area contributed by atoms with E-state index in [0.29, 0.717) is 35.7 Å². The number of carbonyl (C=O) groups excluding carboxylic acids is 2. The monoisotopic (exact) mass is 472 g/mol. The average molecular weight is 473 g/mol. The summed E-state index contributed by atoms with van der Waals surface area (Å²) in [4.78, 5) is 30.6. The Kier molecular flexibility index (Phi) is 8.04. The third-order valence-electron chi connectivity index (χ3n) is 5.40. The van der Waals surface area contributed by atoms with Gasteiger partial charge in [-0.2, -0.15) is 0 Å². The normalized spacial score (nSPS) is 16.2. The molecular formula is C24H30F2N6O2. The second-order valence-corrected chi connectivity index (χ2v) is 8.06. The van der Waals surface area contributed by atoms with Crippen LogP contribution in [0, 0.1) is 0 Å². The standard InChI is InChI=1S/C24H30F2N6O2/c1-4-21(18-7-5-8-20(13-18)31-11-6-10-24(25,26)16-31)29-17(2)30-22(33)14-28-23(34)19-9-12-32(15-19)27-3/h4-5,7-9,12-13,15,27H,6,10-11,14,16H2,1-3H3,(H,28,34)(H,29,30,33)/b21-4-. The molecule has 2 aromatic rings. The zero-order chi connectivity index (χ0) is 24.7. The summed E-state index contributed by atoms with van der Waals surface area (Å²) in [5.74, 6) is -3.12. The molecule has 0 bridgehead atoms. The molecule has 1 aromatic heterocycles. The Morgan fingerprint density at radius 2 is 2.03 bits per heavy atom. The summed E-state index contributed by atoms with van der Waals surface area (Å²) in [5.41, 5.74) is 5.35. The molecule has 182 valence electrons. The summed E-state index contributed by atoms with van der Waals surface area (Å²) in [6.45, 7) is 3.53. The van der Waals surface area contributed by atoms with E-state index in [0.717, 1.165) is 5.56 Å². The van der Waals surface area contributed by atoms with Crippen LogP contribution in [0.5, 0.6) is 0 Å². The Morgan fingerprint density at radius 3 is 2.71 bits per heavy atom. The van der Waals surface area contributed by atoms with Gasteiger partial charge in [0.15, 0.2) is 0 Å². The number of nitrogens with one attached hydrogen (secondary N) is 3. The van der Waals surface area contributed by atoms with Gasteiger partial charge in [0, 0.05) is 43.7 Å². The van der Waals surface area contributed by atoms with Crippen LogP contribution in [-0.2, 0) is 4.79 Å². The molecule has 1 aliphatic rings. The van der Waals surface area contributed by atoms with Crippen molar-refractivity contribution >= 4 is 29.0 Å². The summed E-state index contributed by atoms with van der Waals surface area (Å²) in [7, 11) is 1.72. The van der Waals surface area contributed by atoms with Gasteiger partial charge in [0.1, 0.15) is 5.84 Å². The molecule has 0 unspecified atom stereocenters. The number of rotatable bonds is 7. The number of amides is 2. The molecule has 10 heteroatoms. The largest absolute Gasteiger partial charge is 0.365 e. The molecule has 1 aliphatic heterocycles. The number of nitrogens with zero attached hydrogens (tertiary/aromatic N) is 3. The van der Waals surface area contributed by atoms with Crippen molar-refractivity contribution in [3.05, 3.63) is 59.9 Å². The van der Waals surface area contributed by atoms with Gasteiger partial charge < -0.3 is 21.0 Å². The number of hydrogen-bond acceptors (Lipinski definition) is 5. The number of anilines is 1.